The average molecular weight is 509 g/mol. The second kappa shape index (κ2) is 11.3. The van der Waals surface area contributed by atoms with E-state index in [2.05, 4.69) is 34.5 Å². The molecule has 186 valence electrons. The van der Waals surface area contributed by atoms with Crippen molar-refractivity contribution in [1.82, 2.24) is 25.3 Å². The monoisotopic (exact) mass is 508 g/mol. The van der Waals surface area contributed by atoms with Crippen molar-refractivity contribution < 1.29 is 14.0 Å². The van der Waals surface area contributed by atoms with Crippen LogP contribution in [0.4, 0.5) is 10.1 Å². The van der Waals surface area contributed by atoms with E-state index in [9.17, 15) is 14.0 Å². The molecule has 2 aromatic carbocycles. The molecular weight excluding hydrogens is 483 g/mol. The Morgan fingerprint density at radius 2 is 1.94 bits per heavy atom. The molecule has 0 fully saturated rings. The second-order valence-electron chi connectivity index (χ2n) is 8.76. The molecule has 0 aliphatic rings. The Morgan fingerprint density at radius 3 is 2.67 bits per heavy atom. The van der Waals surface area contributed by atoms with Crippen molar-refractivity contribution in [3.8, 4) is 0 Å². The zero-order valence-electron chi connectivity index (χ0n) is 19.9. The van der Waals surface area contributed by atoms with Crippen molar-refractivity contribution in [3.05, 3.63) is 83.4 Å². The summed E-state index contributed by atoms with van der Waals surface area (Å²) in [6.45, 7) is 4.35. The Bertz CT molecular complexity index is 1360. The number of fused-ring (bicyclic) bond motifs is 1. The van der Waals surface area contributed by atoms with Crippen LogP contribution in [-0.2, 0) is 16.1 Å². The van der Waals surface area contributed by atoms with E-state index in [1.807, 2.05) is 12.1 Å². The Balaban J connectivity index is 1.77. The maximum absolute atomic E-state index is 14.0. The first-order valence-corrected chi connectivity index (χ1v) is 12.0. The quantitative estimate of drug-likeness (QED) is 0.358. The Kier molecular flexibility index (Phi) is 7.90. The van der Waals surface area contributed by atoms with Gasteiger partial charge in [-0.1, -0.05) is 48.9 Å². The van der Waals surface area contributed by atoms with Crippen LogP contribution < -0.4 is 10.2 Å². The highest BCUT2D eigenvalue weighted by Gasteiger charge is 2.33. The predicted octanol–water partition coefficient (Wildman–Crippen LogP) is 4.56. The van der Waals surface area contributed by atoms with E-state index < -0.39 is 17.8 Å². The van der Waals surface area contributed by atoms with E-state index >= 15 is 0 Å². The van der Waals surface area contributed by atoms with E-state index in [-0.39, 0.29) is 23.2 Å². The van der Waals surface area contributed by atoms with Crippen molar-refractivity contribution in [2.75, 3.05) is 11.4 Å². The van der Waals surface area contributed by atoms with Crippen LogP contribution in [-0.4, -0.2) is 38.3 Å². The van der Waals surface area contributed by atoms with Crippen LogP contribution in [0, 0.1) is 11.7 Å². The van der Waals surface area contributed by atoms with Gasteiger partial charge in [0.1, 0.15) is 23.9 Å². The topological polar surface area (TPSA) is 93.0 Å². The highest BCUT2D eigenvalue weighted by molar-refractivity contribution is 6.31. The van der Waals surface area contributed by atoms with E-state index in [0.717, 1.165) is 6.42 Å². The SMILES string of the molecule is CC(C)CCNC(=O)C(c1cccnc1)N(C(=O)Cn1nnc2ccccc21)c1ccc(F)c(Cl)c1. The smallest absolute Gasteiger partial charge is 0.249 e. The normalized spacial score (nSPS) is 12.0. The third-order valence-electron chi connectivity index (χ3n) is 5.68. The first-order valence-electron chi connectivity index (χ1n) is 11.6. The molecule has 4 aromatic rings. The number of halogens is 2. The summed E-state index contributed by atoms with van der Waals surface area (Å²) in [7, 11) is 0. The molecule has 0 radical (unpaired) electrons. The fourth-order valence-corrected chi connectivity index (χ4v) is 4.02. The lowest BCUT2D eigenvalue weighted by Gasteiger charge is -2.31. The van der Waals surface area contributed by atoms with Gasteiger partial charge in [-0.25, -0.2) is 9.07 Å². The van der Waals surface area contributed by atoms with Gasteiger partial charge in [-0.3, -0.25) is 19.5 Å². The van der Waals surface area contributed by atoms with Gasteiger partial charge in [-0.15, -0.1) is 5.10 Å². The number of nitrogens with zero attached hydrogens (tertiary/aromatic N) is 5. The summed E-state index contributed by atoms with van der Waals surface area (Å²) in [6, 6.07) is 13.5. The lowest BCUT2D eigenvalue weighted by molar-refractivity contribution is -0.127. The molecule has 36 heavy (non-hydrogen) atoms. The van der Waals surface area contributed by atoms with Crippen molar-refractivity contribution >= 4 is 40.1 Å². The molecule has 0 saturated carbocycles. The van der Waals surface area contributed by atoms with E-state index in [0.29, 0.717) is 29.1 Å². The second-order valence-corrected chi connectivity index (χ2v) is 9.17. The number of amides is 2. The van der Waals surface area contributed by atoms with Crippen LogP contribution in [0.1, 0.15) is 31.9 Å². The predicted molar refractivity (Wildman–Crippen MR) is 136 cm³/mol. The van der Waals surface area contributed by atoms with Gasteiger partial charge in [0, 0.05) is 30.2 Å². The van der Waals surface area contributed by atoms with E-state index in [1.54, 1.807) is 30.5 Å². The van der Waals surface area contributed by atoms with Crippen molar-refractivity contribution in [3.63, 3.8) is 0 Å². The number of hydrogen-bond donors (Lipinski definition) is 1. The summed E-state index contributed by atoms with van der Waals surface area (Å²) in [5, 5.41) is 11.0. The summed E-state index contributed by atoms with van der Waals surface area (Å²) < 4.78 is 15.5. The maximum Gasteiger partial charge on any atom is 0.249 e. The first kappa shape index (κ1) is 25.2. The Hall–Kier alpha value is -3.85. The standard InChI is InChI=1S/C26H26ClFN6O2/c1-17(2)11-13-30-26(36)25(18-6-5-12-29-15-18)34(19-9-10-21(28)20(27)14-19)24(35)16-33-23-8-4-3-7-22(23)31-32-33/h3-10,12,14-15,17,25H,11,13,16H2,1-2H3,(H,30,36). The van der Waals surface area contributed by atoms with Gasteiger partial charge in [-0.2, -0.15) is 0 Å². The van der Waals surface area contributed by atoms with Crippen molar-refractivity contribution in [2.24, 2.45) is 5.92 Å². The largest absolute Gasteiger partial charge is 0.354 e. The summed E-state index contributed by atoms with van der Waals surface area (Å²) in [5.41, 5.74) is 2.07. The number of hydrogen-bond acceptors (Lipinski definition) is 5. The van der Waals surface area contributed by atoms with Gasteiger partial charge in [-0.05, 0) is 48.7 Å². The van der Waals surface area contributed by atoms with Crippen LogP contribution in [0.25, 0.3) is 11.0 Å². The fourth-order valence-electron chi connectivity index (χ4n) is 3.85. The number of benzene rings is 2. The molecule has 10 heteroatoms. The van der Waals surface area contributed by atoms with Gasteiger partial charge in [0.15, 0.2) is 0 Å². The number of pyridine rings is 1. The van der Waals surface area contributed by atoms with Crippen LogP contribution >= 0.6 is 11.6 Å². The van der Waals surface area contributed by atoms with E-state index in [1.165, 1.54) is 34.0 Å². The minimum Gasteiger partial charge on any atom is -0.354 e. The summed E-state index contributed by atoms with van der Waals surface area (Å²) in [6.07, 6.45) is 3.88. The average Bonchev–Trinajstić information content (AvgIpc) is 3.27. The van der Waals surface area contributed by atoms with Crippen LogP contribution in [0.2, 0.25) is 5.02 Å². The molecule has 0 aliphatic heterocycles. The number of para-hydroxylation sites is 1. The minimum atomic E-state index is -1.07. The minimum absolute atomic E-state index is 0.165. The number of nitrogens with one attached hydrogen (secondary N) is 1. The lowest BCUT2D eigenvalue weighted by Crippen LogP contribution is -2.45. The highest BCUT2D eigenvalue weighted by Crippen LogP contribution is 2.31. The Morgan fingerprint density at radius 1 is 1.14 bits per heavy atom. The molecule has 2 heterocycles. The van der Waals surface area contributed by atoms with Crippen LogP contribution in [0.3, 0.4) is 0 Å². The van der Waals surface area contributed by atoms with Gasteiger partial charge >= 0.3 is 0 Å². The Labute approximate surface area is 213 Å². The third kappa shape index (κ3) is 5.68. The molecule has 1 N–H and O–H groups in total. The maximum atomic E-state index is 14.0. The van der Waals surface area contributed by atoms with E-state index in [4.69, 9.17) is 11.6 Å². The van der Waals surface area contributed by atoms with Gasteiger partial charge < -0.3 is 5.32 Å². The van der Waals surface area contributed by atoms with Crippen molar-refractivity contribution in [1.29, 1.82) is 0 Å². The van der Waals surface area contributed by atoms with Gasteiger partial charge in [0.05, 0.1) is 10.5 Å². The molecule has 8 nitrogen and oxygen atoms in total. The van der Waals surface area contributed by atoms with Crippen molar-refractivity contribution in [2.45, 2.75) is 32.9 Å². The zero-order chi connectivity index (χ0) is 25.7. The summed E-state index contributed by atoms with van der Waals surface area (Å²) in [5.74, 6) is -1.09. The number of aromatic nitrogens is 4. The molecule has 4 rings (SSSR count). The molecule has 2 amide bonds. The van der Waals surface area contributed by atoms with Crippen LogP contribution in [0.5, 0.6) is 0 Å². The third-order valence-corrected chi connectivity index (χ3v) is 5.97. The fraction of sp³-hybridized carbons (Fsp3) is 0.269. The number of rotatable bonds is 9. The lowest BCUT2D eigenvalue weighted by atomic mass is 10.0. The highest BCUT2D eigenvalue weighted by atomic mass is 35.5. The molecule has 0 bridgehead atoms. The summed E-state index contributed by atoms with van der Waals surface area (Å²) in [4.78, 5) is 32.8. The molecule has 0 aliphatic carbocycles. The number of anilines is 1. The number of carbonyl (C=O) groups is 2. The van der Waals surface area contributed by atoms with Gasteiger partial charge in [0.2, 0.25) is 11.8 Å². The molecule has 0 saturated heterocycles. The molecule has 1 unspecified atom stereocenters. The van der Waals surface area contributed by atoms with Crippen LogP contribution in [0.15, 0.2) is 67.0 Å². The molecule has 0 spiro atoms. The zero-order valence-corrected chi connectivity index (χ0v) is 20.7. The first-order chi connectivity index (χ1) is 17.3. The number of carbonyl (C=O) groups excluding carboxylic acids is 2. The van der Waals surface area contributed by atoms with Gasteiger partial charge in [0.25, 0.3) is 0 Å². The summed E-state index contributed by atoms with van der Waals surface area (Å²) >= 11 is 6.08. The molecule has 1 atom stereocenters. The molecular formula is C26H26ClFN6O2. The molecule has 2 aromatic heterocycles.